The minimum atomic E-state index is -3.85. The van der Waals surface area contributed by atoms with Gasteiger partial charge in [-0.25, -0.2) is 16.8 Å². The maximum atomic E-state index is 12.3. The summed E-state index contributed by atoms with van der Waals surface area (Å²) in [6, 6.07) is 13.0. The van der Waals surface area contributed by atoms with Crippen molar-refractivity contribution in [2.45, 2.75) is 16.7 Å². The fourth-order valence-corrected chi connectivity index (χ4v) is 3.83. The van der Waals surface area contributed by atoms with Crippen molar-refractivity contribution in [3.8, 4) is 6.07 Å². The van der Waals surface area contributed by atoms with Gasteiger partial charge in [0.15, 0.2) is 9.84 Å². The summed E-state index contributed by atoms with van der Waals surface area (Å²) in [4.78, 5) is 0.0937. The maximum absolute atomic E-state index is 12.3. The molecule has 23 heavy (non-hydrogen) atoms. The lowest BCUT2D eigenvalue weighted by atomic mass is 10.2. The van der Waals surface area contributed by atoms with Gasteiger partial charge in [-0.05, 0) is 42.5 Å². The Hall–Kier alpha value is -2.37. The highest BCUT2D eigenvalue weighted by Crippen LogP contribution is 2.19. The zero-order valence-corrected chi connectivity index (χ0v) is 13.9. The molecule has 0 aromatic heterocycles. The molecule has 0 atom stereocenters. The summed E-state index contributed by atoms with van der Waals surface area (Å²) in [6.07, 6.45) is 0. The summed E-state index contributed by atoms with van der Waals surface area (Å²) in [6.45, 7) is 1.54. The van der Waals surface area contributed by atoms with Crippen molar-refractivity contribution in [1.29, 1.82) is 5.26 Å². The van der Waals surface area contributed by atoms with Crippen molar-refractivity contribution in [3.63, 3.8) is 0 Å². The highest BCUT2D eigenvalue weighted by molar-refractivity contribution is 7.92. The van der Waals surface area contributed by atoms with Gasteiger partial charge in [-0.1, -0.05) is 13.0 Å². The molecular formula is C15H14N2O4S2. The number of hydrogen-bond acceptors (Lipinski definition) is 5. The minimum Gasteiger partial charge on any atom is -0.280 e. The highest BCUT2D eigenvalue weighted by atomic mass is 32.2. The monoisotopic (exact) mass is 350 g/mol. The van der Waals surface area contributed by atoms with Crippen LogP contribution in [0.15, 0.2) is 58.3 Å². The first kappa shape index (κ1) is 17.0. The summed E-state index contributed by atoms with van der Waals surface area (Å²) in [5, 5.41) is 8.83. The number of nitrogens with zero attached hydrogens (tertiary/aromatic N) is 1. The van der Waals surface area contributed by atoms with Crippen LogP contribution in [0.5, 0.6) is 0 Å². The van der Waals surface area contributed by atoms with Crippen LogP contribution in [0.25, 0.3) is 0 Å². The van der Waals surface area contributed by atoms with Crippen molar-refractivity contribution in [2.24, 2.45) is 0 Å². The summed E-state index contributed by atoms with van der Waals surface area (Å²) in [7, 11) is -7.18. The topological polar surface area (TPSA) is 104 Å². The molecule has 6 nitrogen and oxygen atoms in total. The predicted octanol–water partition coefficient (Wildman–Crippen LogP) is 2.15. The van der Waals surface area contributed by atoms with Crippen LogP contribution in [0.3, 0.4) is 0 Å². The normalized spacial score (nSPS) is 11.7. The standard InChI is InChI=1S/C15H14N2O4S2/c1-2-22(18,19)14-8-6-13(7-9-14)17-23(20,21)15-5-3-4-12(10-15)11-16/h3-10,17H,2H2,1H3. The van der Waals surface area contributed by atoms with E-state index in [2.05, 4.69) is 4.72 Å². The van der Waals surface area contributed by atoms with E-state index >= 15 is 0 Å². The molecule has 1 N–H and O–H groups in total. The van der Waals surface area contributed by atoms with Crippen LogP contribution >= 0.6 is 0 Å². The van der Waals surface area contributed by atoms with E-state index in [1.165, 1.54) is 55.5 Å². The Morgan fingerprint density at radius 3 is 2.22 bits per heavy atom. The molecule has 8 heteroatoms. The van der Waals surface area contributed by atoms with E-state index in [4.69, 9.17) is 5.26 Å². The van der Waals surface area contributed by atoms with E-state index in [0.29, 0.717) is 0 Å². The van der Waals surface area contributed by atoms with E-state index in [9.17, 15) is 16.8 Å². The third-order valence-corrected chi connectivity index (χ3v) is 6.25. The Labute approximate surface area is 135 Å². The molecule has 0 saturated heterocycles. The molecule has 0 heterocycles. The number of sulfonamides is 1. The Bertz CT molecular complexity index is 957. The van der Waals surface area contributed by atoms with Crippen LogP contribution in [0, 0.1) is 11.3 Å². The van der Waals surface area contributed by atoms with Gasteiger partial charge in [0.1, 0.15) is 0 Å². The first-order valence-corrected chi connectivity index (χ1v) is 9.78. The molecule has 0 amide bonds. The molecule has 0 unspecified atom stereocenters. The van der Waals surface area contributed by atoms with Gasteiger partial charge in [0.25, 0.3) is 10.0 Å². The maximum Gasteiger partial charge on any atom is 0.261 e. The van der Waals surface area contributed by atoms with Crippen molar-refractivity contribution < 1.29 is 16.8 Å². The largest absolute Gasteiger partial charge is 0.280 e. The van der Waals surface area contributed by atoms with Crippen molar-refractivity contribution >= 4 is 25.5 Å². The Balaban J connectivity index is 2.29. The van der Waals surface area contributed by atoms with E-state index in [1.807, 2.05) is 6.07 Å². The first-order valence-electron chi connectivity index (χ1n) is 6.64. The lowest BCUT2D eigenvalue weighted by Crippen LogP contribution is -2.13. The Morgan fingerprint density at radius 1 is 1.00 bits per heavy atom. The van der Waals surface area contributed by atoms with Crippen LogP contribution in [-0.2, 0) is 19.9 Å². The third kappa shape index (κ3) is 3.88. The van der Waals surface area contributed by atoms with Crippen LogP contribution in [-0.4, -0.2) is 22.6 Å². The van der Waals surface area contributed by atoms with Crippen molar-refractivity contribution in [1.82, 2.24) is 0 Å². The lowest BCUT2D eigenvalue weighted by Gasteiger charge is -2.09. The first-order chi connectivity index (χ1) is 10.8. The van der Waals surface area contributed by atoms with Gasteiger partial charge in [-0.15, -0.1) is 0 Å². The second-order valence-electron chi connectivity index (χ2n) is 4.67. The zero-order chi connectivity index (χ0) is 17.1. The fraction of sp³-hybridized carbons (Fsp3) is 0.133. The van der Waals surface area contributed by atoms with Gasteiger partial charge < -0.3 is 0 Å². The molecule has 0 radical (unpaired) electrons. The van der Waals surface area contributed by atoms with E-state index in [0.717, 1.165) is 0 Å². The van der Waals surface area contributed by atoms with Crippen LogP contribution in [0.4, 0.5) is 5.69 Å². The van der Waals surface area contributed by atoms with E-state index in [-0.39, 0.29) is 26.8 Å². The quantitative estimate of drug-likeness (QED) is 0.890. The molecule has 0 saturated carbocycles. The van der Waals surface area contributed by atoms with Gasteiger partial charge in [-0.3, -0.25) is 4.72 Å². The van der Waals surface area contributed by atoms with E-state index in [1.54, 1.807) is 0 Å². The van der Waals surface area contributed by atoms with Crippen LogP contribution in [0.1, 0.15) is 12.5 Å². The molecule has 0 fully saturated rings. The lowest BCUT2D eigenvalue weighted by molar-refractivity contribution is 0.597. The SMILES string of the molecule is CCS(=O)(=O)c1ccc(NS(=O)(=O)c2cccc(C#N)c2)cc1. The number of anilines is 1. The van der Waals surface area contributed by atoms with E-state index < -0.39 is 19.9 Å². The third-order valence-electron chi connectivity index (χ3n) is 3.12. The van der Waals surface area contributed by atoms with Crippen LogP contribution in [0.2, 0.25) is 0 Å². The molecule has 0 spiro atoms. The number of nitriles is 1. The average molecular weight is 350 g/mol. The van der Waals surface area contributed by atoms with Gasteiger partial charge in [-0.2, -0.15) is 5.26 Å². The number of rotatable bonds is 5. The molecule has 2 aromatic rings. The van der Waals surface area contributed by atoms with Crippen molar-refractivity contribution in [2.75, 3.05) is 10.5 Å². The summed E-state index contributed by atoms with van der Waals surface area (Å²) < 4.78 is 50.3. The predicted molar refractivity (Wildman–Crippen MR) is 86.1 cm³/mol. The van der Waals surface area contributed by atoms with Crippen LogP contribution < -0.4 is 4.72 Å². The number of hydrogen-bond donors (Lipinski definition) is 1. The molecule has 0 aliphatic heterocycles. The highest BCUT2D eigenvalue weighted by Gasteiger charge is 2.16. The second kappa shape index (κ2) is 6.40. The Kier molecular flexibility index (Phi) is 4.73. The van der Waals surface area contributed by atoms with Gasteiger partial charge in [0.05, 0.1) is 27.2 Å². The molecule has 0 bridgehead atoms. The van der Waals surface area contributed by atoms with Gasteiger partial charge in [0.2, 0.25) is 0 Å². The summed E-state index contributed by atoms with van der Waals surface area (Å²) in [5.74, 6) is -0.0287. The zero-order valence-electron chi connectivity index (χ0n) is 12.2. The molecule has 2 rings (SSSR count). The fourth-order valence-electron chi connectivity index (χ4n) is 1.84. The molecule has 0 aliphatic rings. The number of benzene rings is 2. The second-order valence-corrected chi connectivity index (χ2v) is 8.63. The molecular weight excluding hydrogens is 336 g/mol. The average Bonchev–Trinajstić information content (AvgIpc) is 2.55. The smallest absolute Gasteiger partial charge is 0.261 e. The molecule has 0 aliphatic carbocycles. The number of sulfone groups is 1. The molecule has 120 valence electrons. The Morgan fingerprint density at radius 2 is 1.65 bits per heavy atom. The van der Waals surface area contributed by atoms with Gasteiger partial charge in [0, 0.05) is 5.69 Å². The summed E-state index contributed by atoms with van der Waals surface area (Å²) >= 11 is 0. The minimum absolute atomic E-state index is 0.0287. The number of nitrogens with one attached hydrogen (secondary N) is 1. The van der Waals surface area contributed by atoms with Crippen molar-refractivity contribution in [3.05, 3.63) is 54.1 Å². The van der Waals surface area contributed by atoms with Gasteiger partial charge >= 0.3 is 0 Å². The molecule has 2 aromatic carbocycles. The summed E-state index contributed by atoms with van der Waals surface area (Å²) in [5.41, 5.74) is 0.472.